The molecule has 0 amide bonds. The fraction of sp³-hybridized carbons (Fsp3) is 0.250. The topological polar surface area (TPSA) is 12.0 Å². The van der Waals surface area contributed by atoms with Crippen molar-refractivity contribution in [1.29, 1.82) is 0 Å². The Balaban J connectivity index is 2.89. The summed E-state index contributed by atoms with van der Waals surface area (Å²) >= 11 is 11.5. The van der Waals surface area contributed by atoms with Crippen molar-refractivity contribution in [2.24, 2.45) is 0 Å². The Hall–Kier alpha value is -0.400. The Morgan fingerprint density at radius 3 is 2.18 bits per heavy atom. The molecule has 0 radical (unpaired) electrons. The van der Waals surface area contributed by atoms with Crippen molar-refractivity contribution in [3.63, 3.8) is 0 Å². The zero-order valence-corrected chi connectivity index (χ0v) is 7.71. The van der Waals surface area contributed by atoms with E-state index >= 15 is 0 Å². The molecule has 0 atom stereocenters. The Morgan fingerprint density at radius 1 is 1.18 bits per heavy atom. The van der Waals surface area contributed by atoms with Crippen LogP contribution in [0.1, 0.15) is 6.92 Å². The van der Waals surface area contributed by atoms with Crippen molar-refractivity contribution in [1.82, 2.24) is 0 Å². The molecule has 60 valence electrons. The van der Waals surface area contributed by atoms with Crippen LogP contribution in [0, 0.1) is 0 Å². The van der Waals surface area contributed by atoms with Gasteiger partial charge in [0.1, 0.15) is 0 Å². The van der Waals surface area contributed by atoms with E-state index in [1.807, 2.05) is 19.1 Å². The third-order valence-corrected chi connectivity index (χ3v) is 1.68. The molecule has 0 bridgehead atoms. The monoisotopic (exact) mass is 189 g/mol. The fourth-order valence-corrected chi connectivity index (χ4v) is 1.39. The number of halogens is 2. The molecule has 0 aliphatic heterocycles. The van der Waals surface area contributed by atoms with Crippen LogP contribution in [-0.4, -0.2) is 6.54 Å². The van der Waals surface area contributed by atoms with Crippen molar-refractivity contribution in [2.75, 3.05) is 11.9 Å². The van der Waals surface area contributed by atoms with E-state index in [0.717, 1.165) is 12.2 Å². The Kier molecular flexibility index (Phi) is 3.03. The highest BCUT2D eigenvalue weighted by Gasteiger charge is 1.95. The SMILES string of the molecule is CCNc1cc(Cl)cc(Cl)c1. The summed E-state index contributed by atoms with van der Waals surface area (Å²) in [5, 5.41) is 4.44. The quantitative estimate of drug-likeness (QED) is 0.753. The molecule has 0 heterocycles. The molecule has 0 saturated carbocycles. The van der Waals surface area contributed by atoms with Crippen molar-refractivity contribution in [2.45, 2.75) is 6.92 Å². The van der Waals surface area contributed by atoms with Gasteiger partial charge in [-0.15, -0.1) is 0 Å². The van der Waals surface area contributed by atoms with Crippen LogP contribution in [0.15, 0.2) is 18.2 Å². The van der Waals surface area contributed by atoms with E-state index in [1.54, 1.807) is 6.07 Å². The number of benzene rings is 1. The van der Waals surface area contributed by atoms with Crippen LogP contribution in [0.3, 0.4) is 0 Å². The molecule has 1 nitrogen and oxygen atoms in total. The zero-order valence-electron chi connectivity index (χ0n) is 6.20. The van der Waals surface area contributed by atoms with Crippen LogP contribution in [0.4, 0.5) is 5.69 Å². The molecule has 3 heteroatoms. The standard InChI is InChI=1S/C8H9Cl2N/c1-2-11-8-4-6(9)3-7(10)5-8/h3-5,11H,2H2,1H3. The number of rotatable bonds is 2. The van der Waals surface area contributed by atoms with Gasteiger partial charge in [-0.3, -0.25) is 0 Å². The van der Waals surface area contributed by atoms with Gasteiger partial charge < -0.3 is 5.32 Å². The highest BCUT2D eigenvalue weighted by atomic mass is 35.5. The summed E-state index contributed by atoms with van der Waals surface area (Å²) in [4.78, 5) is 0. The molecular weight excluding hydrogens is 181 g/mol. The number of nitrogens with one attached hydrogen (secondary N) is 1. The van der Waals surface area contributed by atoms with E-state index in [1.165, 1.54) is 0 Å². The van der Waals surface area contributed by atoms with Gasteiger partial charge in [-0.25, -0.2) is 0 Å². The Morgan fingerprint density at radius 2 is 1.73 bits per heavy atom. The van der Waals surface area contributed by atoms with Gasteiger partial charge in [0.05, 0.1) is 0 Å². The van der Waals surface area contributed by atoms with E-state index in [2.05, 4.69) is 5.32 Å². The molecule has 1 aromatic rings. The van der Waals surface area contributed by atoms with Gasteiger partial charge >= 0.3 is 0 Å². The molecule has 1 rings (SSSR count). The van der Waals surface area contributed by atoms with Crippen molar-refractivity contribution < 1.29 is 0 Å². The minimum atomic E-state index is 0.661. The highest BCUT2D eigenvalue weighted by molar-refractivity contribution is 6.35. The summed E-state index contributed by atoms with van der Waals surface area (Å²) < 4.78 is 0. The van der Waals surface area contributed by atoms with Crippen LogP contribution >= 0.6 is 23.2 Å². The van der Waals surface area contributed by atoms with Crippen LogP contribution in [0.2, 0.25) is 10.0 Å². The molecule has 0 aliphatic rings. The van der Waals surface area contributed by atoms with Crippen molar-refractivity contribution >= 4 is 28.9 Å². The van der Waals surface area contributed by atoms with E-state index in [-0.39, 0.29) is 0 Å². The summed E-state index contributed by atoms with van der Waals surface area (Å²) in [6.45, 7) is 2.89. The second-order valence-corrected chi connectivity index (χ2v) is 3.06. The molecule has 0 saturated heterocycles. The molecule has 0 unspecified atom stereocenters. The average Bonchev–Trinajstić information content (AvgIpc) is 1.85. The molecule has 0 spiro atoms. The van der Waals surface area contributed by atoms with Gasteiger partial charge in [0.25, 0.3) is 0 Å². The molecular formula is C8H9Cl2N. The summed E-state index contributed by atoms with van der Waals surface area (Å²) in [5.41, 5.74) is 0.963. The van der Waals surface area contributed by atoms with E-state index in [0.29, 0.717) is 10.0 Å². The largest absolute Gasteiger partial charge is 0.385 e. The average molecular weight is 190 g/mol. The molecule has 0 fully saturated rings. The maximum atomic E-state index is 5.76. The summed E-state index contributed by atoms with van der Waals surface area (Å²) in [7, 11) is 0. The first-order valence-corrected chi connectivity index (χ1v) is 4.18. The second-order valence-electron chi connectivity index (χ2n) is 2.19. The van der Waals surface area contributed by atoms with Crippen LogP contribution in [0.5, 0.6) is 0 Å². The zero-order chi connectivity index (χ0) is 8.27. The van der Waals surface area contributed by atoms with Crippen LogP contribution < -0.4 is 5.32 Å². The van der Waals surface area contributed by atoms with Crippen LogP contribution in [0.25, 0.3) is 0 Å². The number of anilines is 1. The summed E-state index contributed by atoms with van der Waals surface area (Å²) in [5.74, 6) is 0. The van der Waals surface area contributed by atoms with Gasteiger partial charge in [-0.2, -0.15) is 0 Å². The first-order chi connectivity index (χ1) is 5.22. The van der Waals surface area contributed by atoms with Crippen molar-refractivity contribution in [3.8, 4) is 0 Å². The van der Waals surface area contributed by atoms with Gasteiger partial charge in [0.2, 0.25) is 0 Å². The lowest BCUT2D eigenvalue weighted by atomic mass is 10.3. The van der Waals surface area contributed by atoms with Gasteiger partial charge in [0.15, 0.2) is 0 Å². The van der Waals surface area contributed by atoms with Gasteiger partial charge in [-0.05, 0) is 25.1 Å². The molecule has 0 aliphatic carbocycles. The summed E-state index contributed by atoms with van der Waals surface area (Å²) in [6.07, 6.45) is 0. The maximum Gasteiger partial charge on any atom is 0.0441 e. The van der Waals surface area contributed by atoms with E-state index in [4.69, 9.17) is 23.2 Å². The van der Waals surface area contributed by atoms with Gasteiger partial charge in [0, 0.05) is 22.3 Å². The Bertz CT molecular complexity index is 228. The van der Waals surface area contributed by atoms with E-state index in [9.17, 15) is 0 Å². The predicted octanol–water partition coefficient (Wildman–Crippen LogP) is 3.43. The minimum Gasteiger partial charge on any atom is -0.385 e. The normalized spacial score (nSPS) is 9.73. The van der Waals surface area contributed by atoms with E-state index < -0.39 is 0 Å². The molecule has 1 aromatic carbocycles. The fourth-order valence-electron chi connectivity index (χ4n) is 0.860. The molecule has 11 heavy (non-hydrogen) atoms. The molecule has 1 N–H and O–H groups in total. The smallest absolute Gasteiger partial charge is 0.0441 e. The third kappa shape index (κ3) is 2.60. The first-order valence-electron chi connectivity index (χ1n) is 3.42. The number of hydrogen-bond donors (Lipinski definition) is 1. The predicted molar refractivity (Wildman–Crippen MR) is 50.6 cm³/mol. The van der Waals surface area contributed by atoms with Crippen molar-refractivity contribution in [3.05, 3.63) is 28.2 Å². The first kappa shape index (κ1) is 8.69. The number of hydrogen-bond acceptors (Lipinski definition) is 1. The maximum absolute atomic E-state index is 5.76. The lowest BCUT2D eigenvalue weighted by Gasteiger charge is -2.03. The summed E-state index contributed by atoms with van der Waals surface area (Å²) in [6, 6.07) is 5.40. The minimum absolute atomic E-state index is 0.661. The highest BCUT2D eigenvalue weighted by Crippen LogP contribution is 2.21. The molecule has 0 aromatic heterocycles. The van der Waals surface area contributed by atoms with Crippen LogP contribution in [-0.2, 0) is 0 Å². The lowest BCUT2D eigenvalue weighted by molar-refractivity contribution is 1.21. The lowest BCUT2D eigenvalue weighted by Crippen LogP contribution is -1.95. The Labute approximate surface area is 76.3 Å². The van der Waals surface area contributed by atoms with Gasteiger partial charge in [-0.1, -0.05) is 23.2 Å². The third-order valence-electron chi connectivity index (χ3n) is 1.24. The second kappa shape index (κ2) is 3.84.